The minimum Gasteiger partial charge on any atom is -0.349 e. The molecule has 0 heterocycles. The average Bonchev–Trinajstić information content (AvgIpc) is 2.66. The van der Waals surface area contributed by atoms with E-state index >= 15 is 0 Å². The molecule has 0 atom stereocenters. The molecule has 0 aromatic heterocycles. The van der Waals surface area contributed by atoms with Gasteiger partial charge in [-0.3, -0.25) is 4.79 Å². The zero-order valence-corrected chi connectivity index (χ0v) is 14.6. The highest BCUT2D eigenvalue weighted by molar-refractivity contribution is 9.10. The Hall–Kier alpha value is -0.590. The van der Waals surface area contributed by atoms with Crippen molar-refractivity contribution in [2.45, 2.75) is 49.5 Å². The molecule has 2 rings (SSSR count). The van der Waals surface area contributed by atoms with E-state index in [0.717, 1.165) is 25.7 Å². The molecule has 1 aromatic carbocycles. The van der Waals surface area contributed by atoms with E-state index in [-0.39, 0.29) is 16.8 Å². The predicted octanol–water partition coefficient (Wildman–Crippen LogP) is 3.83. The van der Waals surface area contributed by atoms with Crippen molar-refractivity contribution in [3.8, 4) is 0 Å². The van der Waals surface area contributed by atoms with Crippen LogP contribution < -0.4 is 5.32 Å². The molecule has 0 spiro atoms. The fraction of sp³-hybridized carbons (Fsp3) is 0.500. The van der Waals surface area contributed by atoms with E-state index in [1.807, 2.05) is 0 Å². The third-order valence-electron chi connectivity index (χ3n) is 3.65. The fourth-order valence-corrected chi connectivity index (χ4v) is 4.64. The molecular formula is C14H17BrClNO3S. The highest BCUT2D eigenvalue weighted by Gasteiger charge is 2.19. The second-order valence-electron chi connectivity index (χ2n) is 5.24. The first-order valence-electron chi connectivity index (χ1n) is 6.93. The number of rotatable bonds is 3. The predicted molar refractivity (Wildman–Crippen MR) is 86.1 cm³/mol. The van der Waals surface area contributed by atoms with Crippen LogP contribution in [0.3, 0.4) is 0 Å². The number of benzene rings is 1. The van der Waals surface area contributed by atoms with Crippen molar-refractivity contribution in [3.05, 3.63) is 28.2 Å². The minimum absolute atomic E-state index is 0.0855. The first kappa shape index (κ1) is 16.8. The van der Waals surface area contributed by atoms with Crippen LogP contribution in [0.25, 0.3) is 0 Å². The van der Waals surface area contributed by atoms with Crippen LogP contribution in [0.2, 0.25) is 0 Å². The van der Waals surface area contributed by atoms with Crippen LogP contribution in [0.1, 0.15) is 48.9 Å². The molecule has 1 saturated carbocycles. The number of halogens is 2. The summed E-state index contributed by atoms with van der Waals surface area (Å²) >= 11 is 3.13. The molecule has 0 bridgehead atoms. The molecule has 1 aliphatic rings. The Labute approximate surface area is 137 Å². The van der Waals surface area contributed by atoms with E-state index in [4.69, 9.17) is 10.7 Å². The number of carbonyl (C=O) groups is 1. The van der Waals surface area contributed by atoms with Crippen molar-refractivity contribution in [1.29, 1.82) is 0 Å². The molecular weight excluding hydrogens is 378 g/mol. The van der Waals surface area contributed by atoms with Crippen molar-refractivity contribution in [2.24, 2.45) is 0 Å². The third kappa shape index (κ3) is 4.69. The quantitative estimate of drug-likeness (QED) is 0.626. The summed E-state index contributed by atoms with van der Waals surface area (Å²) in [5, 5.41) is 2.98. The molecule has 1 aliphatic carbocycles. The Morgan fingerprint density at radius 3 is 2.38 bits per heavy atom. The monoisotopic (exact) mass is 393 g/mol. The second-order valence-corrected chi connectivity index (χ2v) is 8.63. The van der Waals surface area contributed by atoms with Crippen LogP contribution >= 0.6 is 26.6 Å². The minimum atomic E-state index is -3.88. The van der Waals surface area contributed by atoms with Gasteiger partial charge in [-0.2, -0.15) is 0 Å². The maximum Gasteiger partial charge on any atom is 0.262 e. The van der Waals surface area contributed by atoms with E-state index in [1.165, 1.54) is 25.0 Å². The lowest BCUT2D eigenvalue weighted by molar-refractivity contribution is 0.0933. The van der Waals surface area contributed by atoms with Gasteiger partial charge in [-0.25, -0.2) is 8.42 Å². The van der Waals surface area contributed by atoms with Gasteiger partial charge in [0.1, 0.15) is 0 Å². The van der Waals surface area contributed by atoms with Gasteiger partial charge in [0.2, 0.25) is 0 Å². The van der Waals surface area contributed by atoms with Crippen LogP contribution in [0.4, 0.5) is 0 Å². The van der Waals surface area contributed by atoms with E-state index in [2.05, 4.69) is 21.2 Å². The summed E-state index contributed by atoms with van der Waals surface area (Å²) in [6.07, 6.45) is 6.60. The maximum absolute atomic E-state index is 12.3. The van der Waals surface area contributed by atoms with Crippen LogP contribution in [-0.2, 0) is 9.05 Å². The lowest BCUT2D eigenvalue weighted by atomic mass is 10.1. The van der Waals surface area contributed by atoms with Gasteiger partial charge in [0.05, 0.1) is 4.90 Å². The lowest BCUT2D eigenvalue weighted by Gasteiger charge is -2.16. The maximum atomic E-state index is 12.3. The summed E-state index contributed by atoms with van der Waals surface area (Å²) in [4.78, 5) is 12.2. The Balaban J connectivity index is 2.16. The molecule has 1 amide bonds. The molecule has 0 unspecified atom stereocenters. The van der Waals surface area contributed by atoms with Gasteiger partial charge in [0.25, 0.3) is 15.0 Å². The molecule has 0 radical (unpaired) electrons. The number of hydrogen-bond donors (Lipinski definition) is 1. The SMILES string of the molecule is O=C(NC1CCCCCC1)c1ccc(Br)c(S(=O)(=O)Cl)c1. The molecule has 0 aliphatic heterocycles. The molecule has 7 heteroatoms. The molecule has 1 aromatic rings. The van der Waals surface area contributed by atoms with E-state index in [0.29, 0.717) is 10.0 Å². The van der Waals surface area contributed by atoms with Gasteiger partial charge in [-0.1, -0.05) is 25.7 Å². The zero-order valence-electron chi connectivity index (χ0n) is 11.4. The smallest absolute Gasteiger partial charge is 0.262 e. The highest BCUT2D eigenvalue weighted by atomic mass is 79.9. The van der Waals surface area contributed by atoms with Gasteiger partial charge in [0, 0.05) is 26.8 Å². The standard InChI is InChI=1S/C14H17BrClNO3S/c15-12-8-7-10(9-13(12)21(16,19)20)14(18)17-11-5-3-1-2-4-6-11/h7-9,11H,1-6H2,(H,17,18). The lowest BCUT2D eigenvalue weighted by Crippen LogP contribution is -2.34. The summed E-state index contributed by atoms with van der Waals surface area (Å²) in [5.74, 6) is -0.254. The average molecular weight is 395 g/mol. The summed E-state index contributed by atoms with van der Waals surface area (Å²) < 4.78 is 23.3. The third-order valence-corrected chi connectivity index (χ3v) is 5.96. The molecule has 21 heavy (non-hydrogen) atoms. The Morgan fingerprint density at radius 2 is 1.81 bits per heavy atom. The van der Waals surface area contributed by atoms with Gasteiger partial charge in [-0.15, -0.1) is 0 Å². The molecule has 116 valence electrons. The largest absolute Gasteiger partial charge is 0.349 e. The number of amides is 1. The highest BCUT2D eigenvalue weighted by Crippen LogP contribution is 2.26. The molecule has 4 nitrogen and oxygen atoms in total. The van der Waals surface area contributed by atoms with Crippen LogP contribution in [-0.4, -0.2) is 20.4 Å². The van der Waals surface area contributed by atoms with E-state index in [9.17, 15) is 13.2 Å². The van der Waals surface area contributed by atoms with Crippen LogP contribution in [0.5, 0.6) is 0 Å². The van der Waals surface area contributed by atoms with Gasteiger partial charge in [0.15, 0.2) is 0 Å². The van der Waals surface area contributed by atoms with E-state index < -0.39 is 9.05 Å². The summed E-state index contributed by atoms with van der Waals surface area (Å²) in [7, 11) is 1.48. The first-order chi connectivity index (χ1) is 9.88. The Bertz CT molecular complexity index is 625. The molecule has 1 N–H and O–H groups in total. The van der Waals surface area contributed by atoms with E-state index in [1.54, 1.807) is 6.07 Å². The number of carbonyl (C=O) groups excluding carboxylic acids is 1. The van der Waals surface area contributed by atoms with Crippen molar-refractivity contribution >= 4 is 41.6 Å². The van der Waals surface area contributed by atoms with Crippen LogP contribution in [0.15, 0.2) is 27.6 Å². The van der Waals surface area contributed by atoms with Crippen molar-refractivity contribution < 1.29 is 13.2 Å². The molecule has 0 saturated heterocycles. The van der Waals surface area contributed by atoms with Gasteiger partial charge < -0.3 is 5.32 Å². The summed E-state index contributed by atoms with van der Waals surface area (Å²) in [5.41, 5.74) is 0.307. The topological polar surface area (TPSA) is 63.2 Å². The molecule has 1 fully saturated rings. The summed E-state index contributed by atoms with van der Waals surface area (Å²) in [6, 6.07) is 4.58. The fourth-order valence-electron chi connectivity index (χ4n) is 2.52. The van der Waals surface area contributed by atoms with Crippen molar-refractivity contribution in [3.63, 3.8) is 0 Å². The van der Waals surface area contributed by atoms with Crippen LogP contribution in [0, 0.1) is 0 Å². The normalized spacial score (nSPS) is 17.2. The number of hydrogen-bond acceptors (Lipinski definition) is 3. The van der Waals surface area contributed by atoms with Crippen molar-refractivity contribution in [1.82, 2.24) is 5.32 Å². The van der Waals surface area contributed by atoms with Crippen molar-refractivity contribution in [2.75, 3.05) is 0 Å². The number of nitrogens with one attached hydrogen (secondary N) is 1. The Morgan fingerprint density at radius 1 is 1.19 bits per heavy atom. The second kappa shape index (κ2) is 7.11. The summed E-state index contributed by atoms with van der Waals surface area (Å²) in [6.45, 7) is 0. The Kier molecular flexibility index (Phi) is 5.68. The van der Waals surface area contributed by atoms with Gasteiger partial charge in [-0.05, 0) is 47.0 Å². The zero-order chi connectivity index (χ0) is 15.5. The van der Waals surface area contributed by atoms with Gasteiger partial charge >= 0.3 is 0 Å². The first-order valence-corrected chi connectivity index (χ1v) is 10.0.